The van der Waals surface area contributed by atoms with Crippen LogP contribution in [0.3, 0.4) is 0 Å². The van der Waals surface area contributed by atoms with Gasteiger partial charge in [0, 0.05) is 35.9 Å². The Labute approximate surface area is 153 Å². The van der Waals surface area contributed by atoms with E-state index in [-0.39, 0.29) is 12.2 Å². The number of ether oxygens (including phenoxy) is 1. The van der Waals surface area contributed by atoms with Crippen molar-refractivity contribution in [3.8, 4) is 11.3 Å². The van der Waals surface area contributed by atoms with Gasteiger partial charge in [-0.2, -0.15) is 0 Å². The van der Waals surface area contributed by atoms with E-state index < -0.39 is 11.9 Å². The number of aromatic amines is 1. The van der Waals surface area contributed by atoms with Crippen LogP contribution in [0.15, 0.2) is 36.7 Å². The zero-order chi connectivity index (χ0) is 19.1. The number of fused-ring (bicyclic) bond motifs is 2. The number of aryl methyl sites for hydroxylation is 1. The van der Waals surface area contributed by atoms with Gasteiger partial charge in [0.25, 0.3) is 0 Å². The van der Waals surface area contributed by atoms with Crippen molar-refractivity contribution >= 4 is 34.0 Å². The van der Waals surface area contributed by atoms with E-state index in [1.807, 2.05) is 0 Å². The number of carboxylic acid groups (broad SMARTS) is 1. The van der Waals surface area contributed by atoms with E-state index in [1.54, 1.807) is 49.1 Å². The molecule has 8 nitrogen and oxygen atoms in total. The summed E-state index contributed by atoms with van der Waals surface area (Å²) in [5.74, 6) is -1.52. The van der Waals surface area contributed by atoms with Crippen molar-refractivity contribution < 1.29 is 19.4 Å². The molecule has 3 heterocycles. The van der Waals surface area contributed by atoms with Gasteiger partial charge in [-0.1, -0.05) is 0 Å². The van der Waals surface area contributed by atoms with Gasteiger partial charge in [0.1, 0.15) is 11.2 Å². The van der Waals surface area contributed by atoms with Crippen LogP contribution in [-0.2, 0) is 11.8 Å². The van der Waals surface area contributed by atoms with Gasteiger partial charge in [-0.15, -0.1) is 0 Å². The lowest BCUT2D eigenvalue weighted by Crippen LogP contribution is -2.11. The summed E-state index contributed by atoms with van der Waals surface area (Å²) in [6, 6.07) is 6.54. The molecular weight excluding hydrogens is 348 g/mol. The minimum Gasteiger partial charge on any atom is -0.478 e. The van der Waals surface area contributed by atoms with Crippen molar-refractivity contribution in [2.75, 3.05) is 6.61 Å². The lowest BCUT2D eigenvalue weighted by Gasteiger charge is -2.06. The zero-order valence-corrected chi connectivity index (χ0v) is 14.7. The molecule has 2 N–H and O–H groups in total. The molecule has 4 aromatic rings. The molecule has 0 aliphatic carbocycles. The third-order valence-corrected chi connectivity index (χ3v) is 4.45. The predicted molar refractivity (Wildman–Crippen MR) is 98.7 cm³/mol. The van der Waals surface area contributed by atoms with Gasteiger partial charge in [-0.05, 0) is 31.2 Å². The topological polar surface area (TPSA) is 110 Å². The summed E-state index contributed by atoms with van der Waals surface area (Å²) < 4.78 is 6.94. The first kappa shape index (κ1) is 16.8. The van der Waals surface area contributed by atoms with E-state index in [4.69, 9.17) is 4.74 Å². The predicted octanol–water partition coefficient (Wildman–Crippen LogP) is 2.99. The molecular formula is C19H16N4O4. The van der Waals surface area contributed by atoms with Crippen LogP contribution in [0.2, 0.25) is 0 Å². The molecule has 0 radical (unpaired) electrons. The van der Waals surface area contributed by atoms with Gasteiger partial charge >= 0.3 is 11.9 Å². The Hall–Kier alpha value is -3.68. The molecule has 1 aromatic carbocycles. The molecule has 0 aliphatic rings. The number of carbonyl (C=O) groups is 2. The number of aromatic carboxylic acids is 1. The lowest BCUT2D eigenvalue weighted by atomic mass is 10.0. The number of hydrogen-bond donors (Lipinski definition) is 2. The largest absolute Gasteiger partial charge is 0.478 e. The zero-order valence-electron chi connectivity index (χ0n) is 14.7. The molecule has 0 aliphatic heterocycles. The maximum Gasteiger partial charge on any atom is 0.355 e. The SMILES string of the molecule is CCOC(=O)c1c(-c2cc3nccnc3[nH]2)c2cc(C(=O)O)ccc2n1C. The summed E-state index contributed by atoms with van der Waals surface area (Å²) in [6.45, 7) is 1.97. The van der Waals surface area contributed by atoms with Crippen LogP contribution in [0.25, 0.3) is 33.3 Å². The summed E-state index contributed by atoms with van der Waals surface area (Å²) >= 11 is 0. The summed E-state index contributed by atoms with van der Waals surface area (Å²) in [5, 5.41) is 9.99. The Morgan fingerprint density at radius 1 is 1.22 bits per heavy atom. The summed E-state index contributed by atoms with van der Waals surface area (Å²) in [7, 11) is 1.75. The minimum atomic E-state index is -1.04. The fourth-order valence-electron chi connectivity index (χ4n) is 3.27. The first-order valence-electron chi connectivity index (χ1n) is 8.34. The number of hydrogen-bond acceptors (Lipinski definition) is 5. The van der Waals surface area contributed by atoms with E-state index in [0.717, 1.165) is 5.52 Å². The first-order chi connectivity index (χ1) is 13.0. The molecule has 0 atom stereocenters. The molecule has 0 unspecified atom stereocenters. The third-order valence-electron chi connectivity index (χ3n) is 4.45. The van der Waals surface area contributed by atoms with Crippen molar-refractivity contribution in [2.45, 2.75) is 6.92 Å². The Bertz CT molecular complexity index is 1170. The van der Waals surface area contributed by atoms with Crippen molar-refractivity contribution in [1.82, 2.24) is 19.5 Å². The number of carboxylic acids is 1. The summed E-state index contributed by atoms with van der Waals surface area (Å²) in [5.41, 5.74) is 3.60. The Balaban J connectivity index is 2.08. The standard InChI is InChI=1S/C19H16N4O4/c1-3-27-19(26)16-15(12-9-13-17(22-12)21-7-6-20-13)11-8-10(18(24)25)4-5-14(11)23(16)2/h4-9H,3H2,1-2H3,(H,21,22)(H,24,25). The highest BCUT2D eigenvalue weighted by Gasteiger charge is 2.25. The van der Waals surface area contributed by atoms with Crippen molar-refractivity contribution in [1.29, 1.82) is 0 Å². The highest BCUT2D eigenvalue weighted by molar-refractivity contribution is 6.10. The molecule has 8 heteroatoms. The fourth-order valence-corrected chi connectivity index (χ4v) is 3.27. The molecule has 0 amide bonds. The molecule has 0 saturated heterocycles. The van der Waals surface area contributed by atoms with Crippen molar-refractivity contribution in [2.24, 2.45) is 7.05 Å². The van der Waals surface area contributed by atoms with Gasteiger partial charge in [0.2, 0.25) is 0 Å². The molecule has 136 valence electrons. The molecule has 0 fully saturated rings. The maximum absolute atomic E-state index is 12.7. The van der Waals surface area contributed by atoms with Crippen LogP contribution in [0.4, 0.5) is 0 Å². The second-order valence-corrected chi connectivity index (χ2v) is 6.01. The van der Waals surface area contributed by atoms with Gasteiger partial charge < -0.3 is 19.4 Å². The number of carbonyl (C=O) groups excluding carboxylic acids is 1. The number of nitrogens with one attached hydrogen (secondary N) is 1. The average Bonchev–Trinajstić information content (AvgIpc) is 3.20. The minimum absolute atomic E-state index is 0.136. The van der Waals surface area contributed by atoms with Crippen LogP contribution < -0.4 is 0 Å². The van der Waals surface area contributed by atoms with Crippen LogP contribution in [0, 0.1) is 0 Å². The van der Waals surface area contributed by atoms with Crippen molar-refractivity contribution in [3.05, 3.63) is 47.9 Å². The van der Waals surface area contributed by atoms with Crippen LogP contribution >= 0.6 is 0 Å². The number of benzene rings is 1. The number of aromatic nitrogens is 4. The fraction of sp³-hybridized carbons (Fsp3) is 0.158. The number of nitrogens with zero attached hydrogens (tertiary/aromatic N) is 3. The van der Waals surface area contributed by atoms with Crippen molar-refractivity contribution in [3.63, 3.8) is 0 Å². The number of rotatable bonds is 4. The van der Waals surface area contributed by atoms with E-state index in [2.05, 4.69) is 15.0 Å². The Kier molecular flexibility index (Phi) is 3.88. The second-order valence-electron chi connectivity index (χ2n) is 6.01. The Morgan fingerprint density at radius 3 is 2.70 bits per heavy atom. The van der Waals surface area contributed by atoms with E-state index >= 15 is 0 Å². The summed E-state index contributed by atoms with van der Waals surface area (Å²) in [4.78, 5) is 35.8. The Morgan fingerprint density at radius 2 is 2.00 bits per heavy atom. The van der Waals surface area contributed by atoms with Gasteiger partial charge in [-0.25, -0.2) is 14.6 Å². The highest BCUT2D eigenvalue weighted by atomic mass is 16.5. The van der Waals surface area contributed by atoms with E-state index in [0.29, 0.717) is 33.5 Å². The first-order valence-corrected chi connectivity index (χ1v) is 8.34. The second kappa shape index (κ2) is 6.24. The van der Waals surface area contributed by atoms with Crippen LogP contribution in [-0.4, -0.2) is 43.2 Å². The quantitative estimate of drug-likeness (QED) is 0.539. The molecule has 27 heavy (non-hydrogen) atoms. The van der Waals surface area contributed by atoms with Gasteiger partial charge in [0.05, 0.1) is 17.9 Å². The summed E-state index contributed by atoms with van der Waals surface area (Å²) in [6.07, 6.45) is 3.15. The molecule has 0 spiro atoms. The van der Waals surface area contributed by atoms with Gasteiger partial charge in [-0.3, -0.25) is 4.98 Å². The lowest BCUT2D eigenvalue weighted by molar-refractivity contribution is 0.0516. The maximum atomic E-state index is 12.7. The molecule has 0 saturated carbocycles. The smallest absolute Gasteiger partial charge is 0.355 e. The molecule has 4 rings (SSSR count). The third kappa shape index (κ3) is 2.62. The normalized spacial score (nSPS) is 11.2. The van der Waals surface area contributed by atoms with Gasteiger partial charge in [0.15, 0.2) is 5.65 Å². The van der Waals surface area contributed by atoms with Crippen LogP contribution in [0.1, 0.15) is 27.8 Å². The molecule has 0 bridgehead atoms. The monoisotopic (exact) mass is 364 g/mol. The number of esters is 1. The van der Waals surface area contributed by atoms with Crippen LogP contribution in [0.5, 0.6) is 0 Å². The highest BCUT2D eigenvalue weighted by Crippen LogP contribution is 2.36. The average molecular weight is 364 g/mol. The van der Waals surface area contributed by atoms with E-state index in [1.165, 1.54) is 6.07 Å². The molecule has 3 aromatic heterocycles. The van der Waals surface area contributed by atoms with E-state index in [9.17, 15) is 14.7 Å². The number of H-pyrrole nitrogens is 1.